The fourth-order valence-corrected chi connectivity index (χ4v) is 2.11. The molecule has 0 fully saturated rings. The van der Waals surface area contributed by atoms with Crippen LogP contribution in [0.1, 0.15) is 12.5 Å². The van der Waals surface area contributed by atoms with Crippen molar-refractivity contribution in [2.75, 3.05) is 6.54 Å². The molecule has 1 nitrogen and oxygen atoms in total. The van der Waals surface area contributed by atoms with Crippen molar-refractivity contribution in [2.45, 2.75) is 13.5 Å². The van der Waals surface area contributed by atoms with E-state index in [-0.39, 0.29) is 5.56 Å². The third kappa shape index (κ3) is 3.14. The van der Waals surface area contributed by atoms with Crippen molar-refractivity contribution in [3.8, 4) is 11.1 Å². The molecule has 0 aliphatic heterocycles. The van der Waals surface area contributed by atoms with E-state index in [4.69, 9.17) is 11.6 Å². The second-order valence-electron chi connectivity index (χ2n) is 4.33. The molecule has 0 aliphatic carbocycles. The lowest BCUT2D eigenvalue weighted by Crippen LogP contribution is -2.12. The molecule has 0 atom stereocenters. The fraction of sp³-hybridized carbons (Fsp3) is 0.200. The normalized spacial score (nSPS) is 10.8. The maximum absolute atomic E-state index is 13.9. The van der Waals surface area contributed by atoms with Crippen LogP contribution in [-0.4, -0.2) is 6.54 Å². The Kier molecular flexibility index (Phi) is 4.68. The zero-order chi connectivity index (χ0) is 14.7. The van der Waals surface area contributed by atoms with Crippen LogP contribution >= 0.6 is 11.6 Å². The molecular formula is C15H13ClF3N. The first-order chi connectivity index (χ1) is 9.52. The third-order valence-electron chi connectivity index (χ3n) is 2.94. The van der Waals surface area contributed by atoms with Crippen LogP contribution in [0, 0.1) is 17.5 Å². The summed E-state index contributed by atoms with van der Waals surface area (Å²) in [6.07, 6.45) is 0. The fourth-order valence-electron chi connectivity index (χ4n) is 1.94. The molecule has 0 heterocycles. The summed E-state index contributed by atoms with van der Waals surface area (Å²) in [5, 5.41) is 3.51. The Hall–Kier alpha value is -1.52. The Balaban J connectivity index is 2.55. The van der Waals surface area contributed by atoms with Crippen molar-refractivity contribution >= 4 is 11.6 Å². The summed E-state index contributed by atoms with van der Waals surface area (Å²) in [5.74, 6) is -3.11. The van der Waals surface area contributed by atoms with Gasteiger partial charge in [0.2, 0.25) is 0 Å². The molecular weight excluding hydrogens is 287 g/mol. The molecule has 5 heteroatoms. The van der Waals surface area contributed by atoms with Crippen molar-refractivity contribution in [3.63, 3.8) is 0 Å². The van der Waals surface area contributed by atoms with Crippen LogP contribution in [0.4, 0.5) is 13.2 Å². The highest BCUT2D eigenvalue weighted by molar-refractivity contribution is 6.30. The SMILES string of the molecule is CCNCc1ccc(Cl)cc1-c1cc(F)c(F)cc1F. The van der Waals surface area contributed by atoms with E-state index in [0.717, 1.165) is 18.2 Å². The van der Waals surface area contributed by atoms with Crippen LogP contribution in [-0.2, 0) is 6.54 Å². The predicted molar refractivity (Wildman–Crippen MR) is 74.1 cm³/mol. The zero-order valence-corrected chi connectivity index (χ0v) is 11.6. The summed E-state index contributed by atoms with van der Waals surface area (Å²) >= 11 is 5.91. The van der Waals surface area contributed by atoms with Crippen LogP contribution < -0.4 is 5.32 Å². The monoisotopic (exact) mass is 299 g/mol. The number of nitrogens with one attached hydrogen (secondary N) is 1. The van der Waals surface area contributed by atoms with Gasteiger partial charge in [-0.2, -0.15) is 0 Å². The van der Waals surface area contributed by atoms with Crippen molar-refractivity contribution in [2.24, 2.45) is 0 Å². The molecule has 0 bridgehead atoms. The largest absolute Gasteiger partial charge is 0.313 e. The van der Waals surface area contributed by atoms with E-state index >= 15 is 0 Å². The molecule has 0 saturated carbocycles. The molecule has 20 heavy (non-hydrogen) atoms. The van der Waals surface area contributed by atoms with Gasteiger partial charge in [-0.3, -0.25) is 0 Å². The Morgan fingerprint density at radius 2 is 1.65 bits per heavy atom. The first-order valence-corrected chi connectivity index (χ1v) is 6.54. The molecule has 0 saturated heterocycles. The lowest BCUT2D eigenvalue weighted by Gasteiger charge is -2.12. The van der Waals surface area contributed by atoms with Gasteiger partial charge in [0.1, 0.15) is 5.82 Å². The summed E-state index contributed by atoms with van der Waals surface area (Å²) in [4.78, 5) is 0. The topological polar surface area (TPSA) is 12.0 Å². The standard InChI is InChI=1S/C15H13ClF3N/c1-2-20-8-9-3-4-10(16)5-11(9)12-6-14(18)15(19)7-13(12)17/h3-7,20H,2,8H2,1H3. The summed E-state index contributed by atoms with van der Waals surface area (Å²) in [6, 6.07) is 6.36. The molecule has 2 aromatic rings. The first kappa shape index (κ1) is 14.9. The molecule has 0 aromatic heterocycles. The molecule has 0 aliphatic rings. The van der Waals surface area contributed by atoms with Gasteiger partial charge in [-0.15, -0.1) is 0 Å². The highest BCUT2D eigenvalue weighted by Gasteiger charge is 2.14. The van der Waals surface area contributed by atoms with E-state index in [1.807, 2.05) is 6.92 Å². The van der Waals surface area contributed by atoms with Crippen LogP contribution in [0.15, 0.2) is 30.3 Å². The van der Waals surface area contributed by atoms with Gasteiger partial charge in [-0.1, -0.05) is 24.6 Å². The molecule has 2 rings (SSSR count). The van der Waals surface area contributed by atoms with Crippen LogP contribution in [0.5, 0.6) is 0 Å². The third-order valence-corrected chi connectivity index (χ3v) is 3.17. The van der Waals surface area contributed by atoms with Crippen molar-refractivity contribution < 1.29 is 13.2 Å². The Bertz CT molecular complexity index is 629. The summed E-state index contributed by atoms with van der Waals surface area (Å²) < 4.78 is 40.2. The molecule has 106 valence electrons. The lowest BCUT2D eigenvalue weighted by atomic mass is 9.99. The molecule has 0 radical (unpaired) electrons. The predicted octanol–water partition coefficient (Wildman–Crippen LogP) is 4.53. The average molecular weight is 300 g/mol. The van der Waals surface area contributed by atoms with Gasteiger partial charge in [-0.05, 0) is 35.9 Å². The molecule has 0 spiro atoms. The Morgan fingerprint density at radius 1 is 0.950 bits per heavy atom. The number of rotatable bonds is 4. The van der Waals surface area contributed by atoms with E-state index < -0.39 is 17.5 Å². The van der Waals surface area contributed by atoms with E-state index in [9.17, 15) is 13.2 Å². The van der Waals surface area contributed by atoms with E-state index in [0.29, 0.717) is 23.2 Å². The van der Waals surface area contributed by atoms with E-state index in [2.05, 4.69) is 5.32 Å². The average Bonchev–Trinajstić information content (AvgIpc) is 2.41. The number of hydrogen-bond donors (Lipinski definition) is 1. The second kappa shape index (κ2) is 6.29. The summed E-state index contributed by atoms with van der Waals surface area (Å²) in [7, 11) is 0. The van der Waals surface area contributed by atoms with Crippen molar-refractivity contribution in [1.29, 1.82) is 0 Å². The molecule has 0 unspecified atom stereocenters. The summed E-state index contributed by atoms with van der Waals surface area (Å²) in [5.41, 5.74) is 1.22. The lowest BCUT2D eigenvalue weighted by molar-refractivity contribution is 0.496. The van der Waals surface area contributed by atoms with Crippen LogP contribution in [0.3, 0.4) is 0 Å². The van der Waals surface area contributed by atoms with Crippen LogP contribution in [0.2, 0.25) is 5.02 Å². The van der Waals surface area contributed by atoms with Crippen molar-refractivity contribution in [3.05, 3.63) is 58.4 Å². The zero-order valence-electron chi connectivity index (χ0n) is 10.8. The minimum Gasteiger partial charge on any atom is -0.313 e. The van der Waals surface area contributed by atoms with Gasteiger partial charge < -0.3 is 5.32 Å². The molecule has 2 aromatic carbocycles. The Morgan fingerprint density at radius 3 is 2.35 bits per heavy atom. The minimum atomic E-state index is -1.21. The number of benzene rings is 2. The maximum atomic E-state index is 13.9. The Labute approximate surface area is 120 Å². The molecule has 0 amide bonds. The van der Waals surface area contributed by atoms with Crippen LogP contribution in [0.25, 0.3) is 11.1 Å². The highest BCUT2D eigenvalue weighted by Crippen LogP contribution is 2.30. The highest BCUT2D eigenvalue weighted by atomic mass is 35.5. The van der Waals surface area contributed by atoms with Gasteiger partial charge in [0.15, 0.2) is 11.6 Å². The summed E-state index contributed by atoms with van der Waals surface area (Å²) in [6.45, 7) is 3.16. The van der Waals surface area contributed by atoms with Gasteiger partial charge >= 0.3 is 0 Å². The number of halogens is 4. The maximum Gasteiger partial charge on any atom is 0.161 e. The number of hydrogen-bond acceptors (Lipinski definition) is 1. The minimum absolute atomic E-state index is 0.000645. The molecule has 1 N–H and O–H groups in total. The van der Waals surface area contributed by atoms with E-state index in [1.165, 1.54) is 0 Å². The smallest absolute Gasteiger partial charge is 0.161 e. The first-order valence-electron chi connectivity index (χ1n) is 6.17. The van der Waals surface area contributed by atoms with Crippen molar-refractivity contribution in [1.82, 2.24) is 5.32 Å². The van der Waals surface area contributed by atoms with E-state index in [1.54, 1.807) is 18.2 Å². The quantitative estimate of drug-likeness (QED) is 0.818. The van der Waals surface area contributed by atoms with Gasteiger partial charge in [0.05, 0.1) is 0 Å². The van der Waals surface area contributed by atoms with Gasteiger partial charge in [0.25, 0.3) is 0 Å². The van der Waals surface area contributed by atoms with Gasteiger partial charge in [-0.25, -0.2) is 13.2 Å². The van der Waals surface area contributed by atoms with Gasteiger partial charge in [0, 0.05) is 23.2 Å². The second-order valence-corrected chi connectivity index (χ2v) is 4.76.